The maximum atomic E-state index is 10.8. The fraction of sp³-hybridized carbons (Fsp3) is 0. The van der Waals surface area contributed by atoms with Gasteiger partial charge >= 0.3 is 19.5 Å². The van der Waals surface area contributed by atoms with Crippen molar-refractivity contribution in [2.45, 2.75) is 0 Å². The van der Waals surface area contributed by atoms with Gasteiger partial charge in [0.05, 0.1) is 11.9 Å². The molecule has 0 radical (unpaired) electrons. The summed E-state index contributed by atoms with van der Waals surface area (Å²) in [5.74, 6) is -2.29. The molecule has 0 spiro atoms. The predicted octanol–water partition coefficient (Wildman–Crippen LogP) is 3.93. The van der Waals surface area contributed by atoms with Crippen molar-refractivity contribution in [2.75, 3.05) is 0 Å². The minimum atomic E-state index is -1.14. The molecule has 0 amide bonds. The summed E-state index contributed by atoms with van der Waals surface area (Å²) in [6.45, 7) is 0. The second-order valence-corrected chi connectivity index (χ2v) is 7.56. The summed E-state index contributed by atoms with van der Waals surface area (Å²) in [5, 5.41) is 24.8. The molecule has 7 heteroatoms. The van der Waals surface area contributed by atoms with Crippen molar-refractivity contribution < 1.29 is 39.3 Å². The van der Waals surface area contributed by atoms with Crippen molar-refractivity contribution >= 4 is 65.3 Å². The van der Waals surface area contributed by atoms with Crippen LogP contribution in [0.5, 0.6) is 0 Å². The first-order valence-corrected chi connectivity index (χ1v) is 9.76. The van der Waals surface area contributed by atoms with Crippen LogP contribution in [0.3, 0.4) is 0 Å². The zero-order valence-corrected chi connectivity index (χ0v) is 21.2. The molecule has 4 aromatic rings. The van der Waals surface area contributed by atoms with Gasteiger partial charge in [0.15, 0.2) is 0 Å². The molecule has 0 bridgehead atoms. The molecule has 140 valence electrons. The Morgan fingerprint density at radius 3 is 1.17 bits per heavy atom. The maximum Gasteiger partial charge on any atom is 2.00 e. The van der Waals surface area contributed by atoms with E-state index in [2.05, 4.69) is 31.9 Å². The molecule has 29 heavy (non-hydrogen) atoms. The summed E-state index contributed by atoms with van der Waals surface area (Å²) < 4.78 is 1.77. The number of carbonyl (C=O) groups is 2. The van der Waals surface area contributed by atoms with E-state index in [0.29, 0.717) is 10.8 Å². The molecular formula is C22H12Br2O4Zn. The zero-order valence-electron chi connectivity index (χ0n) is 15.0. The monoisotopic (exact) mass is 562 g/mol. The van der Waals surface area contributed by atoms with E-state index in [1.807, 2.05) is 24.3 Å². The number of hydrogen-bond acceptors (Lipinski definition) is 4. The smallest absolute Gasteiger partial charge is 0.545 e. The van der Waals surface area contributed by atoms with Crippen LogP contribution in [0.1, 0.15) is 20.7 Å². The normalized spacial score (nSPS) is 10.0. The molecule has 0 aliphatic rings. The summed E-state index contributed by atoms with van der Waals surface area (Å²) in [6, 6.07) is 21.1. The number of carboxylic acids is 2. The van der Waals surface area contributed by atoms with Gasteiger partial charge in [0.25, 0.3) is 0 Å². The Kier molecular flexibility index (Phi) is 8.08. The molecule has 4 aromatic carbocycles. The van der Waals surface area contributed by atoms with Gasteiger partial charge in [-0.3, -0.25) is 0 Å². The van der Waals surface area contributed by atoms with Gasteiger partial charge in [-0.1, -0.05) is 92.5 Å². The van der Waals surface area contributed by atoms with E-state index in [-0.39, 0.29) is 30.6 Å². The van der Waals surface area contributed by atoms with Gasteiger partial charge in [-0.25, -0.2) is 0 Å². The van der Waals surface area contributed by atoms with Crippen molar-refractivity contribution in [1.29, 1.82) is 0 Å². The van der Waals surface area contributed by atoms with Crippen LogP contribution in [0, 0.1) is 0 Å². The number of hydrogen-bond donors (Lipinski definition) is 0. The van der Waals surface area contributed by atoms with Crippen LogP contribution in [-0.2, 0) is 19.5 Å². The van der Waals surface area contributed by atoms with Crippen LogP contribution in [-0.4, -0.2) is 11.9 Å². The van der Waals surface area contributed by atoms with Gasteiger partial charge in [-0.15, -0.1) is 0 Å². The number of carbonyl (C=O) groups excluding carboxylic acids is 2. The number of benzene rings is 4. The predicted molar refractivity (Wildman–Crippen MR) is 112 cm³/mol. The fourth-order valence-corrected chi connectivity index (χ4v) is 3.84. The van der Waals surface area contributed by atoms with Gasteiger partial charge in [0, 0.05) is 20.1 Å². The van der Waals surface area contributed by atoms with Gasteiger partial charge in [0.1, 0.15) is 0 Å². The molecule has 0 aromatic heterocycles. The van der Waals surface area contributed by atoms with Crippen LogP contribution in [0.4, 0.5) is 0 Å². The van der Waals surface area contributed by atoms with Crippen molar-refractivity contribution in [3.05, 3.63) is 92.9 Å². The summed E-state index contributed by atoms with van der Waals surface area (Å²) in [4.78, 5) is 21.6. The SMILES string of the molecule is O=C([O-])c1ccc(Br)c2ccccc12.O=C([O-])c1ccc(Br)c2ccccc12.[Zn+2]. The molecule has 0 saturated heterocycles. The van der Waals surface area contributed by atoms with Gasteiger partial charge in [-0.2, -0.15) is 0 Å². The van der Waals surface area contributed by atoms with Crippen molar-refractivity contribution in [3.8, 4) is 0 Å². The largest absolute Gasteiger partial charge is 2.00 e. The van der Waals surface area contributed by atoms with Gasteiger partial charge < -0.3 is 19.8 Å². The van der Waals surface area contributed by atoms with E-state index in [9.17, 15) is 19.8 Å². The number of aromatic carboxylic acids is 2. The molecule has 4 rings (SSSR count). The Morgan fingerprint density at radius 2 is 0.862 bits per heavy atom. The van der Waals surface area contributed by atoms with E-state index < -0.39 is 11.9 Å². The Labute approximate surface area is 196 Å². The molecule has 0 atom stereocenters. The molecule has 0 heterocycles. The molecule has 4 nitrogen and oxygen atoms in total. The number of fused-ring (bicyclic) bond motifs is 2. The number of rotatable bonds is 2. The molecule has 0 unspecified atom stereocenters. The average Bonchev–Trinajstić information content (AvgIpc) is 2.69. The Bertz CT molecular complexity index is 1110. The van der Waals surface area contributed by atoms with Crippen LogP contribution < -0.4 is 10.2 Å². The summed E-state index contributed by atoms with van der Waals surface area (Å²) in [6.07, 6.45) is 0. The van der Waals surface area contributed by atoms with Crippen LogP contribution in [0.2, 0.25) is 0 Å². The fourth-order valence-electron chi connectivity index (χ4n) is 2.88. The maximum absolute atomic E-state index is 10.8. The van der Waals surface area contributed by atoms with E-state index in [1.54, 1.807) is 48.5 Å². The summed E-state index contributed by atoms with van der Waals surface area (Å²) in [5.41, 5.74) is 0.451. The minimum absolute atomic E-state index is 0. The van der Waals surface area contributed by atoms with E-state index in [4.69, 9.17) is 0 Å². The van der Waals surface area contributed by atoms with E-state index >= 15 is 0 Å². The minimum Gasteiger partial charge on any atom is -0.545 e. The Morgan fingerprint density at radius 1 is 0.552 bits per heavy atom. The van der Waals surface area contributed by atoms with E-state index in [0.717, 1.165) is 19.7 Å². The number of halogens is 2. The quantitative estimate of drug-likeness (QED) is 0.345. The van der Waals surface area contributed by atoms with Gasteiger partial charge in [0.2, 0.25) is 0 Å². The van der Waals surface area contributed by atoms with Crippen LogP contribution in [0.25, 0.3) is 21.5 Å². The second kappa shape index (κ2) is 10.1. The first kappa shape index (κ1) is 23.2. The topological polar surface area (TPSA) is 80.3 Å². The Hall–Kier alpha value is -2.08. The zero-order chi connectivity index (χ0) is 20.3. The number of carboxylic acid groups (broad SMARTS) is 2. The van der Waals surface area contributed by atoms with Gasteiger partial charge in [-0.05, 0) is 33.7 Å². The van der Waals surface area contributed by atoms with Crippen molar-refractivity contribution in [2.24, 2.45) is 0 Å². The third kappa shape index (κ3) is 5.10. The molecule has 0 aliphatic carbocycles. The molecule has 0 N–H and O–H groups in total. The molecule has 0 fully saturated rings. The molecular weight excluding hydrogens is 553 g/mol. The molecule has 0 aliphatic heterocycles. The third-order valence-corrected chi connectivity index (χ3v) is 5.56. The molecule has 0 saturated carbocycles. The van der Waals surface area contributed by atoms with Crippen LogP contribution in [0.15, 0.2) is 81.7 Å². The van der Waals surface area contributed by atoms with E-state index in [1.165, 1.54) is 0 Å². The first-order chi connectivity index (χ1) is 13.4. The Balaban J connectivity index is 0.000000200. The van der Waals surface area contributed by atoms with Crippen molar-refractivity contribution in [3.63, 3.8) is 0 Å². The second-order valence-electron chi connectivity index (χ2n) is 5.86. The van der Waals surface area contributed by atoms with Crippen molar-refractivity contribution in [1.82, 2.24) is 0 Å². The third-order valence-electron chi connectivity index (χ3n) is 4.18. The summed E-state index contributed by atoms with van der Waals surface area (Å²) >= 11 is 6.73. The first-order valence-electron chi connectivity index (χ1n) is 8.17. The van der Waals surface area contributed by atoms with Crippen LogP contribution >= 0.6 is 31.9 Å². The summed E-state index contributed by atoms with van der Waals surface area (Å²) in [7, 11) is 0. The standard InChI is InChI=1S/2C11H7BrO2.Zn/c2*12-10-6-5-9(11(13)14)7-3-1-2-4-8(7)10;/h2*1-6H,(H,13,14);/q;;+2/p-2. The average molecular weight is 566 g/mol.